The highest BCUT2D eigenvalue weighted by Gasteiger charge is 2.34. The predicted octanol–water partition coefficient (Wildman–Crippen LogP) is -1.80. The summed E-state index contributed by atoms with van der Waals surface area (Å²) in [7, 11) is 0. The molecule has 0 saturated carbocycles. The zero-order valence-corrected chi connectivity index (χ0v) is 19.3. The molecule has 0 bridgehead atoms. The van der Waals surface area contributed by atoms with Crippen molar-refractivity contribution in [2.75, 3.05) is 0 Å². The zero-order chi connectivity index (χ0) is 25.2. The SMILES string of the molecule is CCC(C)C(NC(=O)C(CC(N)=O)NC(=O)C(N)CC(C)C)C(=O)NC(C(=O)O)C(C)O. The minimum atomic E-state index is -1.58. The van der Waals surface area contributed by atoms with E-state index in [1.807, 2.05) is 13.8 Å². The monoisotopic (exact) mass is 459 g/mol. The van der Waals surface area contributed by atoms with E-state index in [2.05, 4.69) is 16.0 Å². The van der Waals surface area contributed by atoms with Crippen molar-refractivity contribution in [3.05, 3.63) is 0 Å². The van der Waals surface area contributed by atoms with Crippen LogP contribution in [0, 0.1) is 11.8 Å². The van der Waals surface area contributed by atoms with E-state index in [0.29, 0.717) is 12.8 Å². The van der Waals surface area contributed by atoms with E-state index in [4.69, 9.17) is 11.5 Å². The second-order valence-electron chi connectivity index (χ2n) is 8.40. The Labute approximate surface area is 187 Å². The van der Waals surface area contributed by atoms with Crippen molar-refractivity contribution in [1.29, 1.82) is 0 Å². The van der Waals surface area contributed by atoms with Gasteiger partial charge in [-0.15, -0.1) is 0 Å². The van der Waals surface area contributed by atoms with Crippen molar-refractivity contribution in [3.8, 4) is 0 Å². The third kappa shape index (κ3) is 10.1. The average molecular weight is 460 g/mol. The molecular formula is C20H37N5O7. The number of nitrogens with two attached hydrogens (primary N) is 2. The normalized spacial score (nSPS) is 16.8. The number of primary amides is 1. The van der Waals surface area contributed by atoms with Gasteiger partial charge in [0.2, 0.25) is 23.6 Å². The molecule has 32 heavy (non-hydrogen) atoms. The number of carbonyl (C=O) groups is 5. The number of carboxylic acids is 1. The van der Waals surface area contributed by atoms with Gasteiger partial charge in [-0.3, -0.25) is 19.2 Å². The lowest BCUT2D eigenvalue weighted by Gasteiger charge is -2.28. The predicted molar refractivity (Wildman–Crippen MR) is 116 cm³/mol. The van der Waals surface area contributed by atoms with Gasteiger partial charge in [0.15, 0.2) is 6.04 Å². The maximum atomic E-state index is 12.8. The molecule has 0 aliphatic rings. The molecule has 0 rings (SSSR count). The van der Waals surface area contributed by atoms with Crippen LogP contribution in [0.1, 0.15) is 53.9 Å². The topological polar surface area (TPSA) is 214 Å². The molecule has 0 aliphatic carbocycles. The van der Waals surface area contributed by atoms with Gasteiger partial charge >= 0.3 is 5.97 Å². The van der Waals surface area contributed by atoms with Crippen LogP contribution in [0.15, 0.2) is 0 Å². The third-order valence-electron chi connectivity index (χ3n) is 4.94. The summed E-state index contributed by atoms with van der Waals surface area (Å²) in [5, 5.41) is 25.8. The number of carboxylic acid groups (broad SMARTS) is 1. The second kappa shape index (κ2) is 13.6. The van der Waals surface area contributed by atoms with E-state index >= 15 is 0 Å². The highest BCUT2D eigenvalue weighted by molar-refractivity contribution is 5.96. The molecule has 0 heterocycles. The quantitative estimate of drug-likeness (QED) is 0.157. The number of aliphatic hydroxyl groups excluding tert-OH is 1. The lowest BCUT2D eigenvalue weighted by Crippen LogP contribution is -2.60. The Morgan fingerprint density at radius 2 is 1.41 bits per heavy atom. The number of carbonyl (C=O) groups excluding carboxylic acids is 4. The summed E-state index contributed by atoms with van der Waals surface area (Å²) in [6, 6.07) is -5.05. The van der Waals surface area contributed by atoms with Gasteiger partial charge in [-0.1, -0.05) is 34.1 Å². The van der Waals surface area contributed by atoms with Gasteiger partial charge in [-0.2, -0.15) is 0 Å². The molecule has 0 aromatic rings. The minimum Gasteiger partial charge on any atom is -0.480 e. The number of hydrogen-bond donors (Lipinski definition) is 7. The first-order valence-corrected chi connectivity index (χ1v) is 10.6. The van der Waals surface area contributed by atoms with Gasteiger partial charge in [0.1, 0.15) is 12.1 Å². The fourth-order valence-corrected chi connectivity index (χ4v) is 2.89. The molecule has 0 aromatic heterocycles. The van der Waals surface area contributed by atoms with Crippen molar-refractivity contribution in [2.24, 2.45) is 23.3 Å². The average Bonchev–Trinajstić information content (AvgIpc) is 2.67. The summed E-state index contributed by atoms with van der Waals surface area (Å²) < 4.78 is 0. The molecule has 0 fully saturated rings. The fraction of sp³-hybridized carbons (Fsp3) is 0.750. The molecule has 0 aliphatic heterocycles. The Hall–Kier alpha value is -2.73. The molecule has 6 unspecified atom stereocenters. The number of rotatable bonds is 14. The second-order valence-corrected chi connectivity index (χ2v) is 8.40. The lowest BCUT2D eigenvalue weighted by molar-refractivity contribution is -0.145. The maximum absolute atomic E-state index is 12.8. The summed E-state index contributed by atoms with van der Waals surface area (Å²) >= 11 is 0. The van der Waals surface area contributed by atoms with Crippen LogP contribution >= 0.6 is 0 Å². The molecule has 12 heteroatoms. The summed E-state index contributed by atoms with van der Waals surface area (Å²) in [4.78, 5) is 60.6. The fourth-order valence-electron chi connectivity index (χ4n) is 2.89. The van der Waals surface area contributed by atoms with Crippen molar-refractivity contribution in [1.82, 2.24) is 16.0 Å². The molecule has 6 atom stereocenters. The largest absolute Gasteiger partial charge is 0.480 e. The Bertz CT molecular complexity index is 683. The Balaban J connectivity index is 5.57. The summed E-state index contributed by atoms with van der Waals surface area (Å²) in [5.74, 6) is -4.94. The third-order valence-corrected chi connectivity index (χ3v) is 4.94. The molecule has 0 aromatic carbocycles. The highest BCUT2D eigenvalue weighted by Crippen LogP contribution is 2.10. The first-order valence-electron chi connectivity index (χ1n) is 10.6. The van der Waals surface area contributed by atoms with E-state index in [1.54, 1.807) is 13.8 Å². The molecule has 0 radical (unpaired) electrons. The number of aliphatic hydroxyl groups is 1. The lowest BCUT2D eigenvalue weighted by atomic mass is 9.97. The zero-order valence-electron chi connectivity index (χ0n) is 19.3. The van der Waals surface area contributed by atoms with Crippen LogP contribution in [0.4, 0.5) is 0 Å². The molecule has 184 valence electrons. The molecular weight excluding hydrogens is 422 g/mol. The van der Waals surface area contributed by atoms with Gasteiger partial charge in [-0.25, -0.2) is 4.79 Å². The standard InChI is InChI=1S/C20H37N5O7/c1-6-10(4)15(19(30)25-16(11(5)26)20(31)32)24-18(29)13(8-14(22)27)23-17(28)12(21)7-9(2)3/h9-13,15-16,26H,6-8,21H2,1-5H3,(H2,22,27)(H,23,28)(H,24,29)(H,25,30)(H,31,32). The summed E-state index contributed by atoms with van der Waals surface area (Å²) in [6.45, 7) is 8.35. The van der Waals surface area contributed by atoms with Crippen LogP contribution in [-0.2, 0) is 24.0 Å². The van der Waals surface area contributed by atoms with Crippen molar-refractivity contribution < 1.29 is 34.2 Å². The first-order chi connectivity index (χ1) is 14.7. The Morgan fingerprint density at radius 1 is 0.875 bits per heavy atom. The number of nitrogens with one attached hydrogen (secondary N) is 3. The van der Waals surface area contributed by atoms with Crippen LogP contribution < -0.4 is 27.4 Å². The molecule has 0 saturated heterocycles. The number of amides is 4. The van der Waals surface area contributed by atoms with Crippen LogP contribution in [0.25, 0.3) is 0 Å². The number of aliphatic carboxylic acids is 1. The van der Waals surface area contributed by atoms with E-state index in [9.17, 15) is 34.2 Å². The van der Waals surface area contributed by atoms with Crippen molar-refractivity contribution >= 4 is 29.6 Å². The maximum Gasteiger partial charge on any atom is 0.328 e. The van der Waals surface area contributed by atoms with E-state index in [-0.39, 0.29) is 5.92 Å². The Kier molecular flexibility index (Phi) is 12.5. The van der Waals surface area contributed by atoms with Gasteiger partial charge < -0.3 is 37.6 Å². The van der Waals surface area contributed by atoms with Crippen LogP contribution in [0.5, 0.6) is 0 Å². The van der Waals surface area contributed by atoms with Gasteiger partial charge in [0, 0.05) is 0 Å². The minimum absolute atomic E-state index is 0.119. The van der Waals surface area contributed by atoms with E-state index in [0.717, 1.165) is 0 Å². The van der Waals surface area contributed by atoms with Crippen molar-refractivity contribution in [3.63, 3.8) is 0 Å². The molecule has 0 spiro atoms. The molecule has 12 nitrogen and oxygen atoms in total. The van der Waals surface area contributed by atoms with Crippen LogP contribution in [0.3, 0.4) is 0 Å². The molecule has 9 N–H and O–H groups in total. The molecule has 4 amide bonds. The Morgan fingerprint density at radius 3 is 1.81 bits per heavy atom. The number of hydrogen-bond acceptors (Lipinski definition) is 7. The summed E-state index contributed by atoms with van der Waals surface area (Å²) in [5.41, 5.74) is 11.0. The summed E-state index contributed by atoms with van der Waals surface area (Å²) in [6.07, 6.45) is -1.11. The van der Waals surface area contributed by atoms with Crippen LogP contribution in [0.2, 0.25) is 0 Å². The van der Waals surface area contributed by atoms with Gasteiger partial charge in [0.05, 0.1) is 18.6 Å². The van der Waals surface area contributed by atoms with Gasteiger partial charge in [0.25, 0.3) is 0 Å². The highest BCUT2D eigenvalue weighted by atomic mass is 16.4. The first kappa shape index (κ1) is 29.3. The van der Waals surface area contributed by atoms with Crippen LogP contribution in [-0.4, -0.2) is 70.1 Å². The van der Waals surface area contributed by atoms with E-state index < -0.39 is 72.2 Å². The van der Waals surface area contributed by atoms with E-state index in [1.165, 1.54) is 6.92 Å². The van der Waals surface area contributed by atoms with Crippen molar-refractivity contribution in [2.45, 2.75) is 84.2 Å². The van der Waals surface area contributed by atoms with Gasteiger partial charge in [-0.05, 0) is 25.2 Å². The smallest absolute Gasteiger partial charge is 0.328 e.